The van der Waals surface area contributed by atoms with Crippen molar-refractivity contribution in [2.24, 2.45) is 5.92 Å². The van der Waals surface area contributed by atoms with Gasteiger partial charge >= 0.3 is 5.97 Å². The van der Waals surface area contributed by atoms with Crippen molar-refractivity contribution >= 4 is 28.6 Å². The minimum atomic E-state index is -0.345. The van der Waals surface area contributed by atoms with E-state index in [-0.39, 0.29) is 5.97 Å². The van der Waals surface area contributed by atoms with Gasteiger partial charge in [-0.25, -0.2) is 4.79 Å². The first kappa shape index (κ1) is 16.6. The van der Waals surface area contributed by atoms with Gasteiger partial charge in [0.05, 0.1) is 12.7 Å². The summed E-state index contributed by atoms with van der Waals surface area (Å²) in [6.07, 6.45) is 5.36. The van der Waals surface area contributed by atoms with E-state index in [4.69, 9.17) is 4.74 Å². The predicted octanol–water partition coefficient (Wildman–Crippen LogP) is 1.85. The number of anilines is 2. The highest BCUT2D eigenvalue weighted by molar-refractivity contribution is 7.09. The minimum absolute atomic E-state index is 0.345. The number of hydrogen-bond donors (Lipinski definition) is 0. The van der Waals surface area contributed by atoms with E-state index >= 15 is 0 Å². The van der Waals surface area contributed by atoms with E-state index in [9.17, 15) is 4.79 Å². The molecule has 7 nitrogen and oxygen atoms in total. The quantitative estimate of drug-likeness (QED) is 0.764. The average molecular weight is 347 g/mol. The third-order valence-electron chi connectivity index (χ3n) is 4.10. The van der Waals surface area contributed by atoms with Crippen LogP contribution < -0.4 is 9.80 Å². The van der Waals surface area contributed by atoms with Crippen molar-refractivity contribution in [1.82, 2.24) is 14.3 Å². The van der Waals surface area contributed by atoms with Gasteiger partial charge in [-0.05, 0) is 30.4 Å². The summed E-state index contributed by atoms with van der Waals surface area (Å²) in [6, 6.07) is 1.87. The molecule has 0 saturated carbocycles. The molecule has 2 aromatic rings. The number of carbonyl (C=O) groups excluding carboxylic acids is 1. The Hall–Kier alpha value is -2.22. The number of nitrogens with zero attached hydrogens (tertiary/aromatic N) is 5. The highest BCUT2D eigenvalue weighted by Crippen LogP contribution is 2.28. The van der Waals surface area contributed by atoms with Crippen LogP contribution in [0.2, 0.25) is 0 Å². The standard InChI is InChI=1S/C16H21N5O2S/c1-20(2)15-18-16(24-19-15)21-5-4-11(10-21)6-12-7-13(9-17-8-12)14(22)23-3/h7-9,11H,4-6,10H2,1-3H3. The number of esters is 1. The highest BCUT2D eigenvalue weighted by atomic mass is 32.1. The van der Waals surface area contributed by atoms with E-state index in [0.29, 0.717) is 11.5 Å². The van der Waals surface area contributed by atoms with Gasteiger partial charge in [-0.3, -0.25) is 4.98 Å². The van der Waals surface area contributed by atoms with Crippen molar-refractivity contribution < 1.29 is 9.53 Å². The van der Waals surface area contributed by atoms with Crippen LogP contribution in [0.3, 0.4) is 0 Å². The van der Waals surface area contributed by atoms with Gasteiger partial charge < -0.3 is 14.5 Å². The fourth-order valence-electron chi connectivity index (χ4n) is 2.85. The SMILES string of the molecule is COC(=O)c1cncc(CC2CCN(c3nc(N(C)C)ns3)C2)c1. The number of pyridine rings is 1. The fraction of sp³-hybridized carbons (Fsp3) is 0.500. The van der Waals surface area contributed by atoms with Crippen molar-refractivity contribution in [3.63, 3.8) is 0 Å². The molecule has 2 aromatic heterocycles. The summed E-state index contributed by atoms with van der Waals surface area (Å²) < 4.78 is 9.12. The number of carbonyl (C=O) groups is 1. The van der Waals surface area contributed by atoms with Gasteiger partial charge in [0.1, 0.15) is 0 Å². The fourth-order valence-corrected chi connectivity index (χ4v) is 3.62. The largest absolute Gasteiger partial charge is 0.465 e. The first-order valence-electron chi connectivity index (χ1n) is 7.85. The topological polar surface area (TPSA) is 71.5 Å². The summed E-state index contributed by atoms with van der Waals surface area (Å²) in [5, 5.41) is 0.975. The average Bonchev–Trinajstić information content (AvgIpc) is 3.23. The molecule has 0 N–H and O–H groups in total. The Morgan fingerprint density at radius 2 is 2.29 bits per heavy atom. The lowest BCUT2D eigenvalue weighted by Crippen LogP contribution is -2.20. The Bertz CT molecular complexity index is 718. The zero-order chi connectivity index (χ0) is 17.1. The molecule has 0 spiro atoms. The molecule has 1 unspecified atom stereocenters. The molecule has 1 atom stereocenters. The Labute approximate surface area is 145 Å². The Balaban J connectivity index is 1.62. The molecular weight excluding hydrogens is 326 g/mol. The van der Waals surface area contributed by atoms with Crippen LogP contribution >= 0.6 is 11.5 Å². The summed E-state index contributed by atoms with van der Waals surface area (Å²) in [5.74, 6) is 0.933. The molecule has 1 aliphatic heterocycles. The van der Waals surface area contributed by atoms with Crippen LogP contribution in [0.15, 0.2) is 18.5 Å². The van der Waals surface area contributed by atoms with Crippen LogP contribution in [0.1, 0.15) is 22.3 Å². The van der Waals surface area contributed by atoms with Gasteiger partial charge in [0.2, 0.25) is 11.1 Å². The number of ether oxygens (including phenoxy) is 1. The zero-order valence-electron chi connectivity index (χ0n) is 14.1. The summed E-state index contributed by atoms with van der Waals surface area (Å²) >= 11 is 1.44. The molecule has 0 radical (unpaired) electrons. The second-order valence-electron chi connectivity index (χ2n) is 6.15. The van der Waals surface area contributed by atoms with E-state index in [2.05, 4.69) is 19.2 Å². The maximum absolute atomic E-state index is 11.6. The molecular formula is C16H21N5O2S. The molecule has 24 heavy (non-hydrogen) atoms. The maximum atomic E-state index is 11.6. The van der Waals surface area contributed by atoms with Crippen LogP contribution in [0.5, 0.6) is 0 Å². The molecule has 128 valence electrons. The van der Waals surface area contributed by atoms with Crippen molar-refractivity contribution in [3.05, 3.63) is 29.6 Å². The lowest BCUT2D eigenvalue weighted by atomic mass is 9.99. The van der Waals surface area contributed by atoms with Crippen LogP contribution in [0, 0.1) is 5.92 Å². The molecule has 0 amide bonds. The normalized spacial score (nSPS) is 17.1. The second kappa shape index (κ2) is 7.12. The van der Waals surface area contributed by atoms with Gasteiger partial charge in [0.15, 0.2) is 0 Å². The lowest BCUT2D eigenvalue weighted by Gasteiger charge is -2.14. The third-order valence-corrected chi connectivity index (χ3v) is 4.87. The molecule has 0 bridgehead atoms. The zero-order valence-corrected chi connectivity index (χ0v) is 14.9. The van der Waals surface area contributed by atoms with Gasteiger partial charge in [0.25, 0.3) is 0 Å². The van der Waals surface area contributed by atoms with Gasteiger partial charge in [-0.15, -0.1) is 0 Å². The molecule has 8 heteroatoms. The smallest absolute Gasteiger partial charge is 0.339 e. The summed E-state index contributed by atoms with van der Waals surface area (Å²) in [6.45, 7) is 1.93. The number of hydrogen-bond acceptors (Lipinski definition) is 8. The van der Waals surface area contributed by atoms with Crippen molar-refractivity contribution in [3.8, 4) is 0 Å². The monoisotopic (exact) mass is 347 g/mol. The maximum Gasteiger partial charge on any atom is 0.339 e. The summed E-state index contributed by atoms with van der Waals surface area (Å²) in [7, 11) is 5.27. The van der Waals surface area contributed by atoms with Gasteiger partial charge in [-0.2, -0.15) is 9.36 Å². The number of rotatable bonds is 5. The van der Waals surface area contributed by atoms with E-state index in [1.807, 2.05) is 31.3 Å². The minimum Gasteiger partial charge on any atom is -0.465 e. The second-order valence-corrected chi connectivity index (χ2v) is 6.88. The van der Waals surface area contributed by atoms with E-state index in [0.717, 1.165) is 42.6 Å². The molecule has 0 aliphatic carbocycles. The Morgan fingerprint density at radius 3 is 3.00 bits per heavy atom. The molecule has 1 saturated heterocycles. The van der Waals surface area contributed by atoms with Crippen molar-refractivity contribution in [2.45, 2.75) is 12.8 Å². The van der Waals surface area contributed by atoms with E-state index in [1.165, 1.54) is 18.6 Å². The third kappa shape index (κ3) is 3.64. The molecule has 0 aromatic carbocycles. The molecule has 1 fully saturated rings. The van der Waals surface area contributed by atoms with Crippen LogP contribution in [-0.2, 0) is 11.2 Å². The molecule has 1 aliphatic rings. The van der Waals surface area contributed by atoms with Crippen LogP contribution in [0.25, 0.3) is 0 Å². The predicted molar refractivity (Wildman–Crippen MR) is 93.8 cm³/mol. The van der Waals surface area contributed by atoms with Crippen LogP contribution in [0.4, 0.5) is 11.1 Å². The summed E-state index contributed by atoms with van der Waals surface area (Å²) in [4.78, 5) is 24.5. The Morgan fingerprint density at radius 1 is 1.46 bits per heavy atom. The lowest BCUT2D eigenvalue weighted by molar-refractivity contribution is 0.0600. The Kier molecular flexibility index (Phi) is 4.94. The van der Waals surface area contributed by atoms with Crippen molar-refractivity contribution in [1.29, 1.82) is 0 Å². The van der Waals surface area contributed by atoms with E-state index in [1.54, 1.807) is 6.20 Å². The van der Waals surface area contributed by atoms with Gasteiger partial charge in [0, 0.05) is 51.1 Å². The summed E-state index contributed by atoms with van der Waals surface area (Å²) in [5.41, 5.74) is 1.57. The van der Waals surface area contributed by atoms with E-state index < -0.39 is 0 Å². The molecule has 3 heterocycles. The molecule has 3 rings (SSSR count). The van der Waals surface area contributed by atoms with Gasteiger partial charge in [-0.1, -0.05) is 0 Å². The van der Waals surface area contributed by atoms with Crippen molar-refractivity contribution in [2.75, 3.05) is 44.1 Å². The first-order chi connectivity index (χ1) is 11.6. The highest BCUT2D eigenvalue weighted by Gasteiger charge is 2.25. The van der Waals surface area contributed by atoms with Crippen LogP contribution in [-0.4, -0.2) is 54.6 Å². The first-order valence-corrected chi connectivity index (χ1v) is 8.62. The number of methoxy groups -OCH3 is 1. The number of aromatic nitrogens is 3.